The number of likely N-dealkylation sites (tertiary alicyclic amines) is 1. The number of nitrogens with zero attached hydrogens (tertiary/aromatic N) is 1. The van der Waals surface area contributed by atoms with Crippen LogP contribution in [0, 0.1) is 11.3 Å². The Bertz CT molecular complexity index is 1900. The van der Waals surface area contributed by atoms with Gasteiger partial charge in [0.05, 0.1) is 10.5 Å². The summed E-state index contributed by atoms with van der Waals surface area (Å²) in [5.74, 6) is -1.96. The molecular weight excluding hydrogens is 656 g/mol. The molecule has 5 rings (SSSR count). The van der Waals surface area contributed by atoms with E-state index in [1.165, 1.54) is 30.3 Å². The summed E-state index contributed by atoms with van der Waals surface area (Å²) in [5.41, 5.74) is 7.12. The van der Waals surface area contributed by atoms with Gasteiger partial charge in [-0.15, -0.1) is 12.4 Å². The van der Waals surface area contributed by atoms with Crippen molar-refractivity contribution in [3.05, 3.63) is 108 Å². The second-order valence-electron chi connectivity index (χ2n) is 11.5. The molecule has 252 valence electrons. The molecule has 48 heavy (non-hydrogen) atoms. The lowest BCUT2D eigenvalue weighted by molar-refractivity contribution is -0.123. The molecular formula is C34H37ClN6O6S. The first-order chi connectivity index (χ1) is 22.5. The Morgan fingerprint density at radius 2 is 1.60 bits per heavy atom. The summed E-state index contributed by atoms with van der Waals surface area (Å²) in [5, 5.41) is 24.0. The number of carboxylic acid groups (broad SMARTS) is 1. The van der Waals surface area contributed by atoms with Crippen molar-refractivity contribution < 1.29 is 27.9 Å². The molecule has 0 saturated carbocycles. The minimum atomic E-state index is -4.11. The van der Waals surface area contributed by atoms with E-state index in [0.29, 0.717) is 36.4 Å². The summed E-state index contributed by atoms with van der Waals surface area (Å²) in [6.07, 6.45) is 1.68. The molecule has 0 spiro atoms. The summed E-state index contributed by atoms with van der Waals surface area (Å²) in [7, 11) is -4.11. The molecule has 0 bridgehead atoms. The van der Waals surface area contributed by atoms with Crippen LogP contribution in [0.3, 0.4) is 0 Å². The SMILES string of the molecule is Cl.N=C(N)N1CCCC(CNC(=O)[C@@H](Cc2ccc(C(=O)Nc3ccc(C(=O)O)cc3)cc2)NS(=O)(=O)c2ccc3ccccc3c2)C1. The number of fused-ring (bicyclic) bond motifs is 1. The number of hydrogen-bond acceptors (Lipinski definition) is 6. The van der Waals surface area contributed by atoms with E-state index in [4.69, 9.17) is 16.2 Å². The third-order valence-corrected chi connectivity index (χ3v) is 9.58. The molecule has 1 unspecified atom stereocenters. The summed E-state index contributed by atoms with van der Waals surface area (Å²) < 4.78 is 29.7. The van der Waals surface area contributed by atoms with Crippen molar-refractivity contribution in [3.8, 4) is 0 Å². The average molecular weight is 693 g/mol. The minimum absolute atomic E-state index is 0. The van der Waals surface area contributed by atoms with Gasteiger partial charge in [-0.2, -0.15) is 4.72 Å². The molecule has 1 fully saturated rings. The van der Waals surface area contributed by atoms with Gasteiger partial charge < -0.3 is 26.4 Å². The maximum Gasteiger partial charge on any atom is 0.335 e. The van der Waals surface area contributed by atoms with E-state index in [9.17, 15) is 22.8 Å². The highest BCUT2D eigenvalue weighted by Crippen LogP contribution is 2.21. The highest BCUT2D eigenvalue weighted by atomic mass is 35.5. The molecule has 1 saturated heterocycles. The Morgan fingerprint density at radius 1 is 0.938 bits per heavy atom. The zero-order valence-electron chi connectivity index (χ0n) is 25.9. The number of piperidine rings is 1. The van der Waals surface area contributed by atoms with E-state index < -0.39 is 33.8 Å². The predicted octanol–water partition coefficient (Wildman–Crippen LogP) is 3.82. The van der Waals surface area contributed by atoms with Gasteiger partial charge in [-0.25, -0.2) is 13.2 Å². The second kappa shape index (κ2) is 15.7. The summed E-state index contributed by atoms with van der Waals surface area (Å²) in [6, 6.07) is 23.2. The first-order valence-corrected chi connectivity index (χ1v) is 16.6. The Hall–Kier alpha value is -4.98. The van der Waals surface area contributed by atoms with E-state index in [2.05, 4.69) is 15.4 Å². The molecule has 1 heterocycles. The van der Waals surface area contributed by atoms with E-state index in [1.807, 2.05) is 24.3 Å². The van der Waals surface area contributed by atoms with E-state index in [-0.39, 0.29) is 41.2 Å². The van der Waals surface area contributed by atoms with Gasteiger partial charge in [0.25, 0.3) is 5.91 Å². The molecule has 2 atom stereocenters. The van der Waals surface area contributed by atoms with Crippen molar-refractivity contribution in [3.63, 3.8) is 0 Å². The molecule has 4 aromatic rings. The van der Waals surface area contributed by atoms with Crippen LogP contribution in [0.15, 0.2) is 95.9 Å². The van der Waals surface area contributed by atoms with Crippen LogP contribution in [-0.4, -0.2) is 67.8 Å². The fraction of sp³-hybridized carbons (Fsp3) is 0.235. The quantitative estimate of drug-likeness (QED) is 0.101. The number of anilines is 1. The number of nitrogens with two attached hydrogens (primary N) is 1. The monoisotopic (exact) mass is 692 g/mol. The van der Waals surface area contributed by atoms with E-state index >= 15 is 0 Å². The number of hydrogen-bond donors (Lipinski definition) is 6. The van der Waals surface area contributed by atoms with Crippen molar-refractivity contribution in [1.82, 2.24) is 14.9 Å². The third-order valence-electron chi connectivity index (χ3n) is 8.12. The molecule has 4 aromatic carbocycles. The first kappa shape index (κ1) is 35.9. The molecule has 0 aromatic heterocycles. The number of aromatic carboxylic acids is 1. The number of carbonyl (C=O) groups excluding carboxylic acids is 2. The van der Waals surface area contributed by atoms with Gasteiger partial charge >= 0.3 is 5.97 Å². The van der Waals surface area contributed by atoms with Crippen LogP contribution in [0.5, 0.6) is 0 Å². The van der Waals surface area contributed by atoms with Crippen molar-refractivity contribution in [2.45, 2.75) is 30.2 Å². The zero-order chi connectivity index (χ0) is 33.6. The van der Waals surface area contributed by atoms with E-state index in [0.717, 1.165) is 23.6 Å². The Labute approximate surface area is 284 Å². The predicted molar refractivity (Wildman–Crippen MR) is 186 cm³/mol. The van der Waals surface area contributed by atoms with Gasteiger partial charge in [0.15, 0.2) is 5.96 Å². The van der Waals surface area contributed by atoms with Crippen LogP contribution in [0.4, 0.5) is 5.69 Å². The van der Waals surface area contributed by atoms with Gasteiger partial charge in [-0.1, -0.05) is 42.5 Å². The fourth-order valence-electron chi connectivity index (χ4n) is 5.52. The number of benzene rings is 4. The number of carboxylic acids is 1. The molecule has 1 aliphatic rings. The largest absolute Gasteiger partial charge is 0.478 e. The Balaban J connectivity index is 0.00000520. The smallest absolute Gasteiger partial charge is 0.335 e. The fourth-order valence-corrected chi connectivity index (χ4v) is 6.75. The van der Waals surface area contributed by atoms with Crippen LogP contribution in [-0.2, 0) is 21.2 Å². The average Bonchev–Trinajstić information content (AvgIpc) is 3.07. The lowest BCUT2D eigenvalue weighted by Gasteiger charge is -2.33. The van der Waals surface area contributed by atoms with Gasteiger partial charge in [0.2, 0.25) is 15.9 Å². The molecule has 7 N–H and O–H groups in total. The topological polar surface area (TPSA) is 195 Å². The molecule has 14 heteroatoms. The standard InChI is InChI=1S/C34H36N6O6S.ClH/c35-34(36)40-17-3-4-23(21-40)20-37-32(42)30(39-47(45,46)29-16-13-24-5-1-2-6-27(24)19-29)18-22-7-9-25(10-8-22)31(41)38-28-14-11-26(12-15-28)33(43)44;/h1-2,5-16,19,23,30,39H,3-4,17-18,20-21H2,(H3,35,36)(H,37,42)(H,38,41)(H,43,44);1H/t23?,30-;/m1./s1. The molecule has 0 radical (unpaired) electrons. The lowest BCUT2D eigenvalue weighted by atomic mass is 9.98. The van der Waals surface area contributed by atoms with Gasteiger partial charge in [0, 0.05) is 30.9 Å². The maximum atomic E-state index is 13.6. The molecule has 0 aliphatic carbocycles. The number of rotatable bonds is 11. The number of nitrogens with one attached hydrogen (secondary N) is 4. The zero-order valence-corrected chi connectivity index (χ0v) is 27.5. The van der Waals surface area contributed by atoms with E-state index in [1.54, 1.807) is 41.3 Å². The summed E-state index contributed by atoms with van der Waals surface area (Å²) in [6.45, 7) is 1.50. The Kier molecular flexibility index (Phi) is 11.8. The lowest BCUT2D eigenvalue weighted by Crippen LogP contribution is -2.51. The highest BCUT2D eigenvalue weighted by molar-refractivity contribution is 7.89. The number of amides is 2. The van der Waals surface area contributed by atoms with Crippen LogP contribution < -0.4 is 21.1 Å². The second-order valence-corrected chi connectivity index (χ2v) is 13.2. The first-order valence-electron chi connectivity index (χ1n) is 15.1. The molecule has 12 nitrogen and oxygen atoms in total. The van der Waals surface area contributed by atoms with Crippen LogP contribution in [0.25, 0.3) is 10.8 Å². The van der Waals surface area contributed by atoms with Crippen molar-refractivity contribution in [1.29, 1.82) is 5.41 Å². The van der Waals surface area contributed by atoms with Crippen LogP contribution in [0.2, 0.25) is 0 Å². The van der Waals surface area contributed by atoms with Crippen molar-refractivity contribution >= 4 is 62.6 Å². The highest BCUT2D eigenvalue weighted by Gasteiger charge is 2.28. The van der Waals surface area contributed by atoms with Crippen molar-refractivity contribution in [2.24, 2.45) is 11.7 Å². The molecule has 1 aliphatic heterocycles. The number of halogens is 1. The number of guanidine groups is 1. The maximum absolute atomic E-state index is 13.6. The van der Waals surface area contributed by atoms with Crippen molar-refractivity contribution in [2.75, 3.05) is 25.0 Å². The normalized spacial score (nSPS) is 15.2. The van der Waals surface area contributed by atoms with Gasteiger partial charge in [-0.3, -0.25) is 15.0 Å². The Morgan fingerprint density at radius 3 is 2.27 bits per heavy atom. The summed E-state index contributed by atoms with van der Waals surface area (Å²) in [4.78, 5) is 39.2. The van der Waals surface area contributed by atoms with Crippen LogP contribution in [0.1, 0.15) is 39.1 Å². The third kappa shape index (κ3) is 9.09. The van der Waals surface area contributed by atoms with Gasteiger partial charge in [-0.05, 0) is 90.0 Å². The number of carbonyl (C=O) groups is 3. The minimum Gasteiger partial charge on any atom is -0.478 e. The van der Waals surface area contributed by atoms with Gasteiger partial charge in [0.1, 0.15) is 6.04 Å². The van der Waals surface area contributed by atoms with Crippen LogP contribution >= 0.6 is 12.4 Å². The number of sulfonamides is 1. The molecule has 2 amide bonds. The summed E-state index contributed by atoms with van der Waals surface area (Å²) >= 11 is 0.